The zero-order chi connectivity index (χ0) is 13.6. The Kier molecular flexibility index (Phi) is 7.32. The van der Waals surface area contributed by atoms with Gasteiger partial charge >= 0.3 is 0 Å². The van der Waals surface area contributed by atoms with Gasteiger partial charge in [-0.2, -0.15) is 0 Å². The van der Waals surface area contributed by atoms with Crippen LogP contribution < -0.4 is 10.6 Å². The summed E-state index contributed by atoms with van der Waals surface area (Å²) in [5.41, 5.74) is 1.34. The van der Waals surface area contributed by atoms with E-state index < -0.39 is 0 Å². The molecule has 114 valence electrons. The lowest BCUT2D eigenvalue weighted by Crippen LogP contribution is -2.46. The van der Waals surface area contributed by atoms with E-state index in [1.807, 2.05) is 6.07 Å². The van der Waals surface area contributed by atoms with Crippen LogP contribution in [0.4, 0.5) is 0 Å². The molecule has 0 aliphatic heterocycles. The standard InChI is InChI=1S/C14H24N4O.HI/c1-3-14(7-5-8-14)11-17-13(15-4-2)16-10-12-6-9-19-18-12;/h6,9H,3-5,7-8,10-11H2,1-2H3,(H2,15,16,17);1H. The first-order chi connectivity index (χ1) is 9.28. The summed E-state index contributed by atoms with van der Waals surface area (Å²) in [6.07, 6.45) is 6.84. The van der Waals surface area contributed by atoms with E-state index in [1.165, 1.54) is 25.7 Å². The van der Waals surface area contributed by atoms with Crippen molar-refractivity contribution in [2.24, 2.45) is 10.4 Å². The maximum Gasteiger partial charge on any atom is 0.191 e. The summed E-state index contributed by atoms with van der Waals surface area (Å²) < 4.78 is 4.80. The van der Waals surface area contributed by atoms with Gasteiger partial charge in [-0.3, -0.25) is 0 Å². The average Bonchev–Trinajstić information content (AvgIpc) is 2.88. The topological polar surface area (TPSA) is 62.5 Å². The first-order valence-corrected chi connectivity index (χ1v) is 7.19. The molecule has 1 fully saturated rings. The quantitative estimate of drug-likeness (QED) is 0.444. The maximum absolute atomic E-state index is 4.80. The molecule has 1 aliphatic carbocycles. The Labute approximate surface area is 138 Å². The Hall–Kier alpha value is -0.790. The van der Waals surface area contributed by atoms with Crippen LogP contribution in [0.15, 0.2) is 21.8 Å². The second kappa shape index (κ2) is 8.49. The van der Waals surface area contributed by atoms with Crippen molar-refractivity contribution < 1.29 is 4.52 Å². The van der Waals surface area contributed by atoms with Crippen LogP contribution in [0.5, 0.6) is 0 Å². The summed E-state index contributed by atoms with van der Waals surface area (Å²) >= 11 is 0. The predicted octanol–water partition coefficient (Wildman–Crippen LogP) is 2.93. The smallest absolute Gasteiger partial charge is 0.191 e. The molecule has 0 aromatic carbocycles. The van der Waals surface area contributed by atoms with Crippen LogP contribution in [0.25, 0.3) is 0 Å². The summed E-state index contributed by atoms with van der Waals surface area (Å²) in [7, 11) is 0. The van der Waals surface area contributed by atoms with E-state index >= 15 is 0 Å². The third-order valence-corrected chi connectivity index (χ3v) is 4.03. The molecule has 0 unspecified atom stereocenters. The number of hydrogen-bond acceptors (Lipinski definition) is 3. The van der Waals surface area contributed by atoms with Gasteiger partial charge in [-0.05, 0) is 31.6 Å². The molecule has 0 atom stereocenters. The van der Waals surface area contributed by atoms with Crippen LogP contribution >= 0.6 is 24.0 Å². The van der Waals surface area contributed by atoms with Crippen molar-refractivity contribution in [2.75, 3.05) is 13.1 Å². The van der Waals surface area contributed by atoms with Crippen molar-refractivity contribution in [1.82, 2.24) is 15.8 Å². The molecule has 0 spiro atoms. The van der Waals surface area contributed by atoms with Gasteiger partial charge in [0.25, 0.3) is 0 Å². The van der Waals surface area contributed by atoms with Crippen molar-refractivity contribution >= 4 is 29.9 Å². The van der Waals surface area contributed by atoms with Gasteiger partial charge in [0.15, 0.2) is 5.96 Å². The number of halogens is 1. The summed E-state index contributed by atoms with van der Waals surface area (Å²) in [6.45, 7) is 6.77. The molecule has 1 aromatic rings. The molecule has 0 radical (unpaired) electrons. The lowest BCUT2D eigenvalue weighted by Gasteiger charge is -2.41. The van der Waals surface area contributed by atoms with Gasteiger partial charge in [-0.15, -0.1) is 24.0 Å². The molecule has 0 saturated heterocycles. The Bertz CT molecular complexity index is 396. The first kappa shape index (κ1) is 17.3. The van der Waals surface area contributed by atoms with E-state index in [4.69, 9.17) is 4.52 Å². The molecule has 0 bridgehead atoms. The van der Waals surface area contributed by atoms with Crippen LogP contribution in [0.3, 0.4) is 0 Å². The van der Waals surface area contributed by atoms with E-state index in [0.717, 1.165) is 24.7 Å². The average molecular weight is 392 g/mol. The number of guanidine groups is 1. The molecular formula is C14H25IN4O. The van der Waals surface area contributed by atoms with E-state index in [-0.39, 0.29) is 24.0 Å². The Morgan fingerprint density at radius 2 is 2.20 bits per heavy atom. The van der Waals surface area contributed by atoms with Crippen LogP contribution in [-0.2, 0) is 6.54 Å². The second-order valence-corrected chi connectivity index (χ2v) is 5.25. The van der Waals surface area contributed by atoms with Gasteiger partial charge in [0.1, 0.15) is 12.0 Å². The summed E-state index contributed by atoms with van der Waals surface area (Å²) in [5.74, 6) is 0.866. The minimum atomic E-state index is 0. The van der Waals surface area contributed by atoms with Crippen LogP contribution in [0.2, 0.25) is 0 Å². The monoisotopic (exact) mass is 392 g/mol. The number of aromatic nitrogens is 1. The number of hydrogen-bond donors (Lipinski definition) is 2. The van der Waals surface area contributed by atoms with E-state index in [2.05, 4.69) is 34.6 Å². The van der Waals surface area contributed by atoms with Gasteiger partial charge < -0.3 is 15.2 Å². The summed E-state index contributed by atoms with van der Waals surface area (Å²) in [6, 6.07) is 1.84. The Balaban J connectivity index is 0.00000200. The third-order valence-electron chi connectivity index (χ3n) is 4.03. The fourth-order valence-electron chi connectivity index (χ4n) is 2.42. The molecule has 1 aromatic heterocycles. The summed E-state index contributed by atoms with van der Waals surface area (Å²) in [5, 5.41) is 10.6. The van der Waals surface area contributed by atoms with Gasteiger partial charge in [0.2, 0.25) is 0 Å². The minimum Gasteiger partial charge on any atom is -0.364 e. The van der Waals surface area contributed by atoms with E-state index in [1.54, 1.807) is 6.26 Å². The van der Waals surface area contributed by atoms with Gasteiger partial charge in [0.05, 0.1) is 6.54 Å². The molecule has 5 nitrogen and oxygen atoms in total. The van der Waals surface area contributed by atoms with Crippen LogP contribution in [0, 0.1) is 5.41 Å². The number of rotatable bonds is 6. The maximum atomic E-state index is 4.80. The predicted molar refractivity (Wildman–Crippen MR) is 91.3 cm³/mol. The molecular weight excluding hydrogens is 367 g/mol. The number of nitrogens with one attached hydrogen (secondary N) is 2. The molecule has 1 heterocycles. The van der Waals surface area contributed by atoms with Crippen LogP contribution in [0.1, 0.15) is 45.2 Å². The van der Waals surface area contributed by atoms with E-state index in [9.17, 15) is 0 Å². The lowest BCUT2D eigenvalue weighted by atomic mass is 9.67. The molecule has 2 rings (SSSR count). The minimum absolute atomic E-state index is 0. The highest BCUT2D eigenvalue weighted by Gasteiger charge is 2.34. The molecule has 0 amide bonds. The van der Waals surface area contributed by atoms with Gasteiger partial charge in [-0.25, -0.2) is 4.99 Å². The molecule has 1 saturated carbocycles. The highest BCUT2D eigenvalue weighted by atomic mass is 127. The third kappa shape index (κ3) is 4.64. The molecule has 20 heavy (non-hydrogen) atoms. The zero-order valence-corrected chi connectivity index (χ0v) is 14.6. The van der Waals surface area contributed by atoms with Crippen molar-refractivity contribution in [3.05, 3.63) is 18.0 Å². The SMILES string of the molecule is CCNC(=NCc1ccon1)NCC1(CC)CCC1.I. The molecule has 2 N–H and O–H groups in total. The number of aliphatic imine (C=N–C) groups is 1. The highest BCUT2D eigenvalue weighted by Crippen LogP contribution is 2.42. The first-order valence-electron chi connectivity index (χ1n) is 7.19. The Morgan fingerprint density at radius 1 is 1.40 bits per heavy atom. The largest absolute Gasteiger partial charge is 0.364 e. The van der Waals surface area contributed by atoms with Gasteiger partial charge in [-0.1, -0.05) is 18.5 Å². The lowest BCUT2D eigenvalue weighted by molar-refractivity contribution is 0.131. The number of nitrogens with zero attached hydrogens (tertiary/aromatic N) is 2. The molecule has 6 heteroatoms. The highest BCUT2D eigenvalue weighted by molar-refractivity contribution is 14.0. The summed E-state index contributed by atoms with van der Waals surface area (Å²) in [4.78, 5) is 4.52. The van der Waals surface area contributed by atoms with Crippen molar-refractivity contribution in [3.63, 3.8) is 0 Å². The second-order valence-electron chi connectivity index (χ2n) is 5.25. The normalized spacial score (nSPS) is 17.0. The molecule has 1 aliphatic rings. The van der Waals surface area contributed by atoms with Crippen molar-refractivity contribution in [1.29, 1.82) is 0 Å². The Morgan fingerprint density at radius 3 is 2.70 bits per heavy atom. The fraction of sp³-hybridized carbons (Fsp3) is 0.714. The van der Waals surface area contributed by atoms with E-state index in [0.29, 0.717) is 12.0 Å². The van der Waals surface area contributed by atoms with Crippen molar-refractivity contribution in [2.45, 2.75) is 46.1 Å². The fourth-order valence-corrected chi connectivity index (χ4v) is 2.42. The van der Waals surface area contributed by atoms with Crippen molar-refractivity contribution in [3.8, 4) is 0 Å². The van der Waals surface area contributed by atoms with Crippen LogP contribution in [-0.4, -0.2) is 24.2 Å². The van der Waals surface area contributed by atoms with Gasteiger partial charge in [0, 0.05) is 19.2 Å². The zero-order valence-electron chi connectivity index (χ0n) is 12.3.